The molecule has 0 saturated heterocycles. The van der Waals surface area contributed by atoms with Crippen molar-refractivity contribution in [2.45, 2.75) is 19.5 Å². The lowest BCUT2D eigenvalue weighted by Crippen LogP contribution is -2.34. The van der Waals surface area contributed by atoms with Crippen LogP contribution in [0.4, 0.5) is 5.69 Å². The van der Waals surface area contributed by atoms with E-state index in [2.05, 4.69) is 10.3 Å². The maximum Gasteiger partial charge on any atom is 0.270 e. The van der Waals surface area contributed by atoms with Gasteiger partial charge in [0, 0.05) is 43.2 Å². The third-order valence-electron chi connectivity index (χ3n) is 2.94. The third kappa shape index (κ3) is 4.55. The van der Waals surface area contributed by atoms with E-state index in [1.807, 2.05) is 17.7 Å². The number of imidazole rings is 1. The minimum absolute atomic E-state index is 0.00367. The Hall–Kier alpha value is -2.96. The maximum atomic E-state index is 11.8. The van der Waals surface area contributed by atoms with Gasteiger partial charge in [0.2, 0.25) is 5.91 Å². The van der Waals surface area contributed by atoms with Gasteiger partial charge < -0.3 is 9.88 Å². The van der Waals surface area contributed by atoms with Gasteiger partial charge in [-0.1, -0.05) is 12.1 Å². The Morgan fingerprint density at radius 3 is 3.05 bits per heavy atom. The molecule has 2 aromatic rings. The predicted octanol–water partition coefficient (Wildman–Crippen LogP) is 2.01. The van der Waals surface area contributed by atoms with Crippen LogP contribution in [0, 0.1) is 10.1 Å². The van der Waals surface area contributed by atoms with Gasteiger partial charge in [0.1, 0.15) is 0 Å². The monoisotopic (exact) mass is 300 g/mol. The second kappa shape index (κ2) is 7.16. The first-order valence-electron chi connectivity index (χ1n) is 6.73. The first kappa shape index (κ1) is 15.4. The Morgan fingerprint density at radius 1 is 1.55 bits per heavy atom. The van der Waals surface area contributed by atoms with Crippen molar-refractivity contribution in [3.63, 3.8) is 0 Å². The van der Waals surface area contributed by atoms with Gasteiger partial charge in [-0.25, -0.2) is 4.98 Å². The number of benzene rings is 1. The molecule has 0 aliphatic heterocycles. The summed E-state index contributed by atoms with van der Waals surface area (Å²) in [6.45, 7) is 2.51. The smallest absolute Gasteiger partial charge is 0.270 e. The van der Waals surface area contributed by atoms with Gasteiger partial charge in [-0.2, -0.15) is 0 Å². The summed E-state index contributed by atoms with van der Waals surface area (Å²) in [4.78, 5) is 26.0. The normalized spacial score (nSPS) is 12.2. The summed E-state index contributed by atoms with van der Waals surface area (Å²) in [7, 11) is 0. The second-order valence-electron chi connectivity index (χ2n) is 4.85. The zero-order chi connectivity index (χ0) is 15.9. The Labute approximate surface area is 127 Å². The number of amides is 1. The number of carbonyl (C=O) groups is 1. The zero-order valence-electron chi connectivity index (χ0n) is 12.0. The van der Waals surface area contributed by atoms with Gasteiger partial charge in [0.15, 0.2) is 0 Å². The van der Waals surface area contributed by atoms with Crippen molar-refractivity contribution in [3.8, 4) is 0 Å². The quantitative estimate of drug-likeness (QED) is 0.502. The molecule has 1 atom stereocenters. The van der Waals surface area contributed by atoms with Crippen LogP contribution in [-0.4, -0.2) is 26.4 Å². The molecule has 1 aromatic carbocycles. The van der Waals surface area contributed by atoms with E-state index in [0.717, 1.165) is 0 Å². The van der Waals surface area contributed by atoms with E-state index in [4.69, 9.17) is 0 Å². The number of hydrogen-bond acceptors (Lipinski definition) is 4. The molecule has 7 heteroatoms. The predicted molar refractivity (Wildman–Crippen MR) is 82.0 cm³/mol. The van der Waals surface area contributed by atoms with E-state index in [-0.39, 0.29) is 17.6 Å². The van der Waals surface area contributed by atoms with E-state index in [1.165, 1.54) is 18.2 Å². The Bertz CT molecular complexity index is 680. The summed E-state index contributed by atoms with van der Waals surface area (Å²) in [6.07, 6.45) is 8.09. The molecule has 0 unspecified atom stereocenters. The second-order valence-corrected chi connectivity index (χ2v) is 4.85. The highest BCUT2D eigenvalue weighted by Gasteiger charge is 2.06. The number of hydrogen-bond donors (Lipinski definition) is 1. The maximum absolute atomic E-state index is 11.8. The molecular weight excluding hydrogens is 284 g/mol. The first-order chi connectivity index (χ1) is 10.5. The lowest BCUT2D eigenvalue weighted by Gasteiger charge is -2.12. The highest BCUT2D eigenvalue weighted by atomic mass is 16.6. The SMILES string of the molecule is C[C@H](Cn1ccnc1)NC(=O)/C=C\c1cccc([N+](=O)[O-])c1. The van der Waals surface area contributed by atoms with Gasteiger partial charge in [-0.3, -0.25) is 14.9 Å². The number of rotatable bonds is 6. The molecule has 0 aliphatic rings. The van der Waals surface area contributed by atoms with Crippen LogP contribution < -0.4 is 5.32 Å². The fraction of sp³-hybridized carbons (Fsp3) is 0.200. The molecule has 2 rings (SSSR count). The number of non-ortho nitro benzene ring substituents is 1. The minimum atomic E-state index is -0.468. The largest absolute Gasteiger partial charge is 0.348 e. The summed E-state index contributed by atoms with van der Waals surface area (Å²) in [5, 5.41) is 13.5. The summed E-state index contributed by atoms with van der Waals surface area (Å²) in [5.74, 6) is -0.251. The number of carbonyl (C=O) groups excluding carboxylic acids is 1. The summed E-state index contributed by atoms with van der Waals surface area (Å²) < 4.78 is 1.87. The van der Waals surface area contributed by atoms with Crippen molar-refractivity contribution in [2.24, 2.45) is 0 Å². The number of nitrogens with one attached hydrogen (secondary N) is 1. The lowest BCUT2D eigenvalue weighted by molar-refractivity contribution is -0.384. The van der Waals surface area contributed by atoms with Crippen LogP contribution in [0.5, 0.6) is 0 Å². The van der Waals surface area contributed by atoms with Gasteiger partial charge in [-0.15, -0.1) is 0 Å². The molecular formula is C15H16N4O3. The standard InChI is InChI=1S/C15H16N4O3/c1-12(10-18-8-7-16-11-18)17-15(20)6-5-13-3-2-4-14(9-13)19(21)22/h2-9,11-12H,10H2,1H3,(H,17,20)/b6-5-/t12-/m1/s1. The van der Waals surface area contributed by atoms with Crippen LogP contribution in [0.2, 0.25) is 0 Å². The molecule has 0 aliphatic carbocycles. The fourth-order valence-corrected chi connectivity index (χ4v) is 1.96. The van der Waals surface area contributed by atoms with Gasteiger partial charge in [-0.05, 0) is 18.6 Å². The van der Waals surface area contributed by atoms with Crippen LogP contribution in [0.3, 0.4) is 0 Å². The Balaban J connectivity index is 1.90. The van der Waals surface area contributed by atoms with Crippen molar-refractivity contribution >= 4 is 17.7 Å². The Morgan fingerprint density at radius 2 is 2.36 bits per heavy atom. The average Bonchev–Trinajstić information content (AvgIpc) is 2.98. The highest BCUT2D eigenvalue weighted by molar-refractivity contribution is 5.91. The molecule has 1 aromatic heterocycles. The van der Waals surface area contributed by atoms with E-state index < -0.39 is 4.92 Å². The van der Waals surface area contributed by atoms with E-state index in [0.29, 0.717) is 12.1 Å². The molecule has 1 N–H and O–H groups in total. The molecule has 1 amide bonds. The topological polar surface area (TPSA) is 90.1 Å². The molecule has 0 saturated carbocycles. The molecule has 0 spiro atoms. The highest BCUT2D eigenvalue weighted by Crippen LogP contribution is 2.13. The number of nitrogens with zero attached hydrogens (tertiary/aromatic N) is 3. The van der Waals surface area contributed by atoms with Crippen molar-refractivity contribution in [1.82, 2.24) is 14.9 Å². The van der Waals surface area contributed by atoms with Crippen LogP contribution in [0.25, 0.3) is 6.08 Å². The molecule has 7 nitrogen and oxygen atoms in total. The lowest BCUT2D eigenvalue weighted by atomic mass is 10.2. The van der Waals surface area contributed by atoms with Gasteiger partial charge >= 0.3 is 0 Å². The summed E-state index contributed by atoms with van der Waals surface area (Å²) in [5.41, 5.74) is 0.600. The average molecular weight is 300 g/mol. The summed E-state index contributed by atoms with van der Waals surface area (Å²) in [6, 6.07) is 6.04. The van der Waals surface area contributed by atoms with Gasteiger partial charge in [0.25, 0.3) is 5.69 Å². The molecule has 0 fully saturated rings. The zero-order valence-corrected chi connectivity index (χ0v) is 12.0. The molecule has 0 radical (unpaired) electrons. The number of nitro groups is 1. The van der Waals surface area contributed by atoms with Crippen LogP contribution in [0.15, 0.2) is 49.1 Å². The van der Waals surface area contributed by atoms with E-state index in [1.54, 1.807) is 30.7 Å². The molecule has 114 valence electrons. The number of nitro benzene ring substituents is 1. The molecule has 22 heavy (non-hydrogen) atoms. The van der Waals surface area contributed by atoms with Crippen molar-refractivity contribution < 1.29 is 9.72 Å². The minimum Gasteiger partial charge on any atom is -0.348 e. The fourth-order valence-electron chi connectivity index (χ4n) is 1.96. The van der Waals surface area contributed by atoms with Crippen LogP contribution in [0.1, 0.15) is 12.5 Å². The Kier molecular flexibility index (Phi) is 5.02. The third-order valence-corrected chi connectivity index (χ3v) is 2.94. The summed E-state index contributed by atoms with van der Waals surface area (Å²) >= 11 is 0. The molecule has 1 heterocycles. The van der Waals surface area contributed by atoms with Crippen LogP contribution in [-0.2, 0) is 11.3 Å². The molecule has 0 bridgehead atoms. The van der Waals surface area contributed by atoms with Crippen molar-refractivity contribution in [2.75, 3.05) is 0 Å². The first-order valence-corrected chi connectivity index (χ1v) is 6.73. The van der Waals surface area contributed by atoms with E-state index in [9.17, 15) is 14.9 Å². The van der Waals surface area contributed by atoms with Crippen molar-refractivity contribution in [1.29, 1.82) is 0 Å². The van der Waals surface area contributed by atoms with E-state index >= 15 is 0 Å². The van der Waals surface area contributed by atoms with Crippen molar-refractivity contribution in [3.05, 3.63) is 64.7 Å². The van der Waals surface area contributed by atoms with Gasteiger partial charge in [0.05, 0.1) is 11.3 Å². The number of aromatic nitrogens is 2. The van der Waals surface area contributed by atoms with Crippen LogP contribution >= 0.6 is 0 Å².